The molecule has 0 aromatic heterocycles. The average Bonchev–Trinajstić information content (AvgIpc) is 2.61. The standard InChI is InChI=1S/C19H24FN3O/c1-21-19(22-12-11-17-5-3-4-6-18(17)20)23-13-15-7-9-16(10-8-15)14-24-2/h3-10H,11-14H2,1-2H3,(H2,21,22,23). The highest BCUT2D eigenvalue weighted by Crippen LogP contribution is 2.06. The van der Waals surface area contributed by atoms with Gasteiger partial charge in [-0.1, -0.05) is 42.5 Å². The first-order valence-corrected chi connectivity index (χ1v) is 7.97. The van der Waals surface area contributed by atoms with Crippen LogP contribution < -0.4 is 10.6 Å². The molecule has 4 nitrogen and oxygen atoms in total. The van der Waals surface area contributed by atoms with E-state index in [-0.39, 0.29) is 5.82 Å². The first kappa shape index (κ1) is 17.9. The highest BCUT2D eigenvalue weighted by Gasteiger charge is 2.02. The van der Waals surface area contributed by atoms with Crippen molar-refractivity contribution in [3.8, 4) is 0 Å². The van der Waals surface area contributed by atoms with Crippen molar-refractivity contribution in [2.24, 2.45) is 4.99 Å². The minimum absolute atomic E-state index is 0.168. The summed E-state index contributed by atoms with van der Waals surface area (Å²) in [5.41, 5.74) is 3.01. The summed E-state index contributed by atoms with van der Waals surface area (Å²) in [5, 5.41) is 6.45. The highest BCUT2D eigenvalue weighted by molar-refractivity contribution is 5.79. The van der Waals surface area contributed by atoms with E-state index in [1.54, 1.807) is 26.3 Å². The maximum Gasteiger partial charge on any atom is 0.191 e. The maximum atomic E-state index is 13.6. The number of halogens is 1. The Morgan fingerprint density at radius 2 is 1.75 bits per heavy atom. The van der Waals surface area contributed by atoms with E-state index in [1.807, 2.05) is 6.07 Å². The molecule has 5 heteroatoms. The molecule has 0 atom stereocenters. The normalized spacial score (nSPS) is 11.4. The first-order chi connectivity index (χ1) is 11.7. The van der Waals surface area contributed by atoms with Gasteiger partial charge in [0.15, 0.2) is 5.96 Å². The maximum absolute atomic E-state index is 13.6. The number of nitrogens with one attached hydrogen (secondary N) is 2. The molecule has 0 aliphatic heterocycles. The molecule has 24 heavy (non-hydrogen) atoms. The Hall–Kier alpha value is -2.40. The molecule has 2 rings (SSSR count). The fourth-order valence-electron chi connectivity index (χ4n) is 2.34. The van der Waals surface area contributed by atoms with Crippen molar-refractivity contribution in [3.63, 3.8) is 0 Å². The number of methoxy groups -OCH3 is 1. The van der Waals surface area contributed by atoms with Gasteiger partial charge in [-0.2, -0.15) is 0 Å². The summed E-state index contributed by atoms with van der Waals surface area (Å²) < 4.78 is 18.7. The summed E-state index contributed by atoms with van der Waals surface area (Å²) in [6.07, 6.45) is 0.610. The van der Waals surface area contributed by atoms with Gasteiger partial charge >= 0.3 is 0 Å². The van der Waals surface area contributed by atoms with Gasteiger partial charge in [-0.25, -0.2) is 4.39 Å². The summed E-state index contributed by atoms with van der Waals surface area (Å²) in [7, 11) is 3.41. The molecule has 0 aliphatic carbocycles. The van der Waals surface area contributed by atoms with E-state index in [2.05, 4.69) is 39.9 Å². The van der Waals surface area contributed by atoms with Gasteiger partial charge in [0.1, 0.15) is 5.82 Å². The van der Waals surface area contributed by atoms with Gasteiger partial charge < -0.3 is 15.4 Å². The fourth-order valence-corrected chi connectivity index (χ4v) is 2.34. The van der Waals surface area contributed by atoms with Crippen LogP contribution in [0, 0.1) is 5.82 Å². The second-order valence-corrected chi connectivity index (χ2v) is 5.44. The molecule has 0 bridgehead atoms. The number of hydrogen-bond donors (Lipinski definition) is 2. The number of benzene rings is 2. The minimum Gasteiger partial charge on any atom is -0.380 e. The van der Waals surface area contributed by atoms with E-state index in [9.17, 15) is 4.39 Å². The fraction of sp³-hybridized carbons (Fsp3) is 0.316. The predicted octanol–water partition coefficient (Wildman–Crippen LogP) is 2.88. The summed E-state index contributed by atoms with van der Waals surface area (Å²) in [5.74, 6) is 0.533. The van der Waals surface area contributed by atoms with Gasteiger partial charge in [-0.3, -0.25) is 4.99 Å². The Morgan fingerprint density at radius 3 is 2.42 bits per heavy atom. The SMILES string of the molecule is CN=C(NCCc1ccccc1F)NCc1ccc(COC)cc1. The molecule has 0 spiro atoms. The Kier molecular flexibility index (Phi) is 7.23. The lowest BCUT2D eigenvalue weighted by Gasteiger charge is -2.12. The van der Waals surface area contributed by atoms with Crippen molar-refractivity contribution in [1.29, 1.82) is 0 Å². The number of aliphatic imine (C=N–C) groups is 1. The lowest BCUT2D eigenvalue weighted by molar-refractivity contribution is 0.185. The molecule has 2 aromatic rings. The third-order valence-electron chi connectivity index (χ3n) is 3.66. The summed E-state index contributed by atoms with van der Waals surface area (Å²) in [6.45, 7) is 1.91. The topological polar surface area (TPSA) is 45.7 Å². The van der Waals surface area contributed by atoms with Crippen molar-refractivity contribution in [2.75, 3.05) is 20.7 Å². The van der Waals surface area contributed by atoms with Crippen molar-refractivity contribution in [1.82, 2.24) is 10.6 Å². The van der Waals surface area contributed by atoms with Crippen LogP contribution in [-0.4, -0.2) is 26.7 Å². The number of ether oxygens (including phenoxy) is 1. The van der Waals surface area contributed by atoms with Gasteiger partial charge in [-0.15, -0.1) is 0 Å². The summed E-state index contributed by atoms with van der Waals surface area (Å²) >= 11 is 0. The second kappa shape index (κ2) is 9.67. The molecule has 0 fully saturated rings. The monoisotopic (exact) mass is 329 g/mol. The molecule has 128 valence electrons. The Labute approximate surface area is 142 Å². The van der Waals surface area contributed by atoms with Gasteiger partial charge in [0.25, 0.3) is 0 Å². The number of hydrogen-bond acceptors (Lipinski definition) is 2. The highest BCUT2D eigenvalue weighted by atomic mass is 19.1. The lowest BCUT2D eigenvalue weighted by Crippen LogP contribution is -2.37. The van der Waals surface area contributed by atoms with Gasteiger partial charge in [0.2, 0.25) is 0 Å². The number of guanidine groups is 1. The first-order valence-electron chi connectivity index (χ1n) is 7.97. The van der Waals surface area contributed by atoms with E-state index >= 15 is 0 Å². The van der Waals surface area contributed by atoms with Crippen molar-refractivity contribution < 1.29 is 9.13 Å². The molecule has 2 aromatic carbocycles. The molecule has 0 heterocycles. The molecule has 2 N–H and O–H groups in total. The molecule has 0 aliphatic rings. The zero-order chi connectivity index (χ0) is 17.2. The lowest BCUT2D eigenvalue weighted by atomic mass is 10.1. The van der Waals surface area contributed by atoms with Crippen molar-refractivity contribution >= 4 is 5.96 Å². The van der Waals surface area contributed by atoms with E-state index in [4.69, 9.17) is 4.74 Å². The van der Waals surface area contributed by atoms with Crippen LogP contribution in [0.1, 0.15) is 16.7 Å². The van der Waals surface area contributed by atoms with Gasteiger partial charge in [-0.05, 0) is 29.2 Å². The van der Waals surface area contributed by atoms with E-state index < -0.39 is 0 Å². The number of nitrogens with zero attached hydrogens (tertiary/aromatic N) is 1. The van der Waals surface area contributed by atoms with Crippen LogP contribution in [0.15, 0.2) is 53.5 Å². The van der Waals surface area contributed by atoms with Crippen LogP contribution in [0.2, 0.25) is 0 Å². The minimum atomic E-state index is -0.168. The smallest absolute Gasteiger partial charge is 0.191 e. The average molecular weight is 329 g/mol. The number of rotatable bonds is 7. The van der Waals surface area contributed by atoms with Crippen LogP contribution in [0.5, 0.6) is 0 Å². The molecular formula is C19H24FN3O. The van der Waals surface area contributed by atoms with Crippen molar-refractivity contribution in [3.05, 3.63) is 71.0 Å². The van der Waals surface area contributed by atoms with Gasteiger partial charge in [0.05, 0.1) is 6.61 Å². The quantitative estimate of drug-likeness (QED) is 0.606. The van der Waals surface area contributed by atoms with Crippen LogP contribution >= 0.6 is 0 Å². The zero-order valence-corrected chi connectivity index (χ0v) is 14.2. The molecule has 0 saturated carbocycles. The Morgan fingerprint density at radius 1 is 1.04 bits per heavy atom. The van der Waals surface area contributed by atoms with Gasteiger partial charge in [0, 0.05) is 27.2 Å². The van der Waals surface area contributed by atoms with Crippen LogP contribution in [-0.2, 0) is 24.3 Å². The predicted molar refractivity (Wildman–Crippen MR) is 95.5 cm³/mol. The van der Waals surface area contributed by atoms with Crippen LogP contribution in [0.25, 0.3) is 0 Å². The Balaban J connectivity index is 1.77. The largest absolute Gasteiger partial charge is 0.380 e. The summed E-state index contributed by atoms with van der Waals surface area (Å²) in [6, 6.07) is 15.1. The van der Waals surface area contributed by atoms with E-state index in [0.29, 0.717) is 37.6 Å². The molecule has 0 radical (unpaired) electrons. The third-order valence-corrected chi connectivity index (χ3v) is 3.66. The second-order valence-electron chi connectivity index (χ2n) is 5.44. The van der Waals surface area contributed by atoms with Crippen molar-refractivity contribution in [2.45, 2.75) is 19.6 Å². The van der Waals surface area contributed by atoms with E-state index in [1.165, 1.54) is 6.07 Å². The molecule has 0 unspecified atom stereocenters. The molecule has 0 saturated heterocycles. The Bertz CT molecular complexity index is 656. The molecular weight excluding hydrogens is 305 g/mol. The summed E-state index contributed by atoms with van der Waals surface area (Å²) in [4.78, 5) is 4.18. The van der Waals surface area contributed by atoms with E-state index in [0.717, 1.165) is 11.1 Å². The zero-order valence-electron chi connectivity index (χ0n) is 14.2. The third kappa shape index (κ3) is 5.66. The van der Waals surface area contributed by atoms with Crippen LogP contribution in [0.4, 0.5) is 4.39 Å². The molecule has 0 amide bonds. The van der Waals surface area contributed by atoms with Crippen LogP contribution in [0.3, 0.4) is 0 Å².